The first kappa shape index (κ1) is 15.5. The Morgan fingerprint density at radius 3 is 2.92 bits per heavy atom. The van der Waals surface area contributed by atoms with Crippen LogP contribution in [0, 0.1) is 0 Å². The van der Waals surface area contributed by atoms with Crippen molar-refractivity contribution in [2.75, 3.05) is 0 Å². The molecule has 1 amide bonds. The quantitative estimate of drug-likeness (QED) is 0.745. The summed E-state index contributed by atoms with van der Waals surface area (Å²) in [4.78, 5) is 16.7. The van der Waals surface area contributed by atoms with Crippen molar-refractivity contribution in [2.24, 2.45) is 0 Å². The van der Waals surface area contributed by atoms with Crippen LogP contribution in [-0.4, -0.2) is 37.1 Å². The number of nitrogens with one attached hydrogen (secondary N) is 1. The minimum Gasteiger partial charge on any atom is -0.390 e. The standard InChI is InChI=1S/C18H17N5O2/c24-16-9-12-5-1-2-7-14(12)17(16)20-18(25)15-11-23(22-21-15)10-13-6-3-4-8-19-13/h1-8,11,16-17,24H,9-10H2,(H,20,25)/t16-,17+/m0/s1. The Bertz CT molecular complexity index is 893. The van der Waals surface area contributed by atoms with Crippen LogP contribution >= 0.6 is 0 Å². The Morgan fingerprint density at radius 1 is 1.24 bits per heavy atom. The van der Waals surface area contributed by atoms with Crippen LogP contribution < -0.4 is 5.32 Å². The molecule has 2 aromatic heterocycles. The van der Waals surface area contributed by atoms with Crippen LogP contribution in [0.15, 0.2) is 54.9 Å². The molecule has 2 heterocycles. The second-order valence-electron chi connectivity index (χ2n) is 6.04. The van der Waals surface area contributed by atoms with Gasteiger partial charge in [-0.15, -0.1) is 5.10 Å². The van der Waals surface area contributed by atoms with Crippen molar-refractivity contribution in [3.8, 4) is 0 Å². The average molecular weight is 335 g/mol. The van der Waals surface area contributed by atoms with Crippen molar-refractivity contribution in [1.29, 1.82) is 0 Å². The first-order valence-corrected chi connectivity index (χ1v) is 8.07. The van der Waals surface area contributed by atoms with Crippen molar-refractivity contribution in [1.82, 2.24) is 25.3 Å². The minimum absolute atomic E-state index is 0.215. The number of hydrogen-bond acceptors (Lipinski definition) is 5. The summed E-state index contributed by atoms with van der Waals surface area (Å²) in [5, 5.41) is 21.0. The van der Waals surface area contributed by atoms with Gasteiger partial charge in [-0.05, 0) is 23.3 Å². The van der Waals surface area contributed by atoms with Gasteiger partial charge in [0.05, 0.1) is 30.6 Å². The molecule has 0 saturated carbocycles. The Labute approximate surface area is 144 Å². The minimum atomic E-state index is -0.634. The highest BCUT2D eigenvalue weighted by Crippen LogP contribution is 2.31. The number of hydrogen-bond donors (Lipinski definition) is 2. The highest BCUT2D eigenvalue weighted by Gasteiger charge is 2.32. The molecule has 7 nitrogen and oxygen atoms in total. The number of pyridine rings is 1. The number of rotatable bonds is 4. The number of aliphatic hydroxyl groups excluding tert-OH is 1. The molecule has 7 heteroatoms. The molecule has 0 saturated heterocycles. The molecule has 0 bridgehead atoms. The number of carbonyl (C=O) groups excluding carboxylic acids is 1. The van der Waals surface area contributed by atoms with E-state index in [1.165, 1.54) is 0 Å². The summed E-state index contributed by atoms with van der Waals surface area (Å²) in [5.41, 5.74) is 3.05. The first-order valence-electron chi connectivity index (χ1n) is 8.07. The second-order valence-corrected chi connectivity index (χ2v) is 6.04. The molecule has 0 aliphatic heterocycles. The van der Waals surface area contributed by atoms with Crippen molar-refractivity contribution < 1.29 is 9.90 Å². The summed E-state index contributed by atoms with van der Waals surface area (Å²) >= 11 is 0. The number of fused-ring (bicyclic) bond motifs is 1. The number of amides is 1. The van der Waals surface area contributed by atoms with E-state index in [0.29, 0.717) is 13.0 Å². The summed E-state index contributed by atoms with van der Waals surface area (Å²) in [5.74, 6) is -0.354. The molecule has 1 aromatic carbocycles. The van der Waals surface area contributed by atoms with Crippen LogP contribution in [0.3, 0.4) is 0 Å². The number of aliphatic hydroxyl groups is 1. The number of nitrogens with zero attached hydrogens (tertiary/aromatic N) is 4. The fourth-order valence-corrected chi connectivity index (χ4v) is 3.10. The molecular weight excluding hydrogens is 318 g/mol. The van der Waals surface area contributed by atoms with E-state index in [2.05, 4.69) is 20.6 Å². The molecular formula is C18H17N5O2. The average Bonchev–Trinajstić information content (AvgIpc) is 3.21. The van der Waals surface area contributed by atoms with Gasteiger partial charge in [0.2, 0.25) is 0 Å². The highest BCUT2D eigenvalue weighted by molar-refractivity contribution is 5.92. The lowest BCUT2D eigenvalue weighted by Gasteiger charge is -2.16. The van der Waals surface area contributed by atoms with Crippen molar-refractivity contribution in [2.45, 2.75) is 25.1 Å². The van der Waals surface area contributed by atoms with Crippen LogP contribution in [0.5, 0.6) is 0 Å². The zero-order valence-electron chi connectivity index (χ0n) is 13.4. The van der Waals surface area contributed by atoms with Crippen LogP contribution in [0.25, 0.3) is 0 Å². The van der Waals surface area contributed by atoms with E-state index in [-0.39, 0.29) is 11.6 Å². The van der Waals surface area contributed by atoms with Gasteiger partial charge in [0.1, 0.15) is 0 Å². The first-order chi connectivity index (χ1) is 12.2. The third-order valence-corrected chi connectivity index (χ3v) is 4.31. The molecule has 25 heavy (non-hydrogen) atoms. The molecule has 0 fully saturated rings. The SMILES string of the molecule is O=C(N[C@@H]1c2ccccc2C[C@@H]1O)c1cn(Cc2ccccn2)nn1. The Morgan fingerprint density at radius 2 is 2.08 bits per heavy atom. The fourth-order valence-electron chi connectivity index (χ4n) is 3.10. The Balaban J connectivity index is 1.47. The van der Waals surface area contributed by atoms with Crippen molar-refractivity contribution in [3.63, 3.8) is 0 Å². The topological polar surface area (TPSA) is 92.9 Å². The summed E-state index contributed by atoms with van der Waals surface area (Å²) in [6.45, 7) is 0.440. The maximum absolute atomic E-state index is 12.5. The zero-order valence-corrected chi connectivity index (χ0v) is 13.4. The van der Waals surface area contributed by atoms with E-state index in [0.717, 1.165) is 16.8 Å². The smallest absolute Gasteiger partial charge is 0.274 e. The lowest BCUT2D eigenvalue weighted by molar-refractivity contribution is 0.0853. The number of carbonyl (C=O) groups is 1. The third-order valence-electron chi connectivity index (χ3n) is 4.31. The maximum Gasteiger partial charge on any atom is 0.274 e. The monoisotopic (exact) mass is 335 g/mol. The molecule has 1 aliphatic carbocycles. The van der Waals surface area contributed by atoms with E-state index in [4.69, 9.17) is 0 Å². The third kappa shape index (κ3) is 3.14. The summed E-state index contributed by atoms with van der Waals surface area (Å²) in [6.07, 6.45) is 3.19. The maximum atomic E-state index is 12.5. The Kier molecular flexibility index (Phi) is 3.99. The molecule has 126 valence electrons. The molecule has 0 radical (unpaired) electrons. The lowest BCUT2D eigenvalue weighted by Crippen LogP contribution is -2.34. The second kappa shape index (κ2) is 6.45. The van der Waals surface area contributed by atoms with Crippen molar-refractivity contribution >= 4 is 5.91 Å². The normalized spacial score (nSPS) is 18.8. The fraction of sp³-hybridized carbons (Fsp3) is 0.222. The Hall–Kier alpha value is -3.06. The van der Waals surface area contributed by atoms with Crippen LogP contribution in [0.4, 0.5) is 0 Å². The van der Waals surface area contributed by atoms with Crippen LogP contribution in [-0.2, 0) is 13.0 Å². The highest BCUT2D eigenvalue weighted by atomic mass is 16.3. The summed E-state index contributed by atoms with van der Waals surface area (Å²) in [6, 6.07) is 12.9. The molecule has 1 aliphatic rings. The molecule has 2 atom stereocenters. The number of benzene rings is 1. The summed E-state index contributed by atoms with van der Waals surface area (Å²) < 4.78 is 1.57. The van der Waals surface area contributed by atoms with Gasteiger partial charge in [-0.2, -0.15) is 0 Å². The van der Waals surface area contributed by atoms with Gasteiger partial charge >= 0.3 is 0 Å². The molecule has 4 rings (SSSR count). The zero-order chi connectivity index (χ0) is 17.2. The van der Waals surface area contributed by atoms with E-state index in [1.807, 2.05) is 42.5 Å². The predicted octanol–water partition coefficient (Wildman–Crippen LogP) is 1.11. The van der Waals surface area contributed by atoms with Gasteiger partial charge in [0.15, 0.2) is 5.69 Å². The summed E-state index contributed by atoms with van der Waals surface area (Å²) in [7, 11) is 0. The van der Waals surface area contributed by atoms with Gasteiger partial charge in [-0.25, -0.2) is 4.68 Å². The van der Waals surface area contributed by atoms with E-state index >= 15 is 0 Å². The van der Waals surface area contributed by atoms with E-state index in [9.17, 15) is 9.90 Å². The largest absolute Gasteiger partial charge is 0.390 e. The van der Waals surface area contributed by atoms with Gasteiger partial charge < -0.3 is 10.4 Å². The predicted molar refractivity (Wildman–Crippen MR) is 89.7 cm³/mol. The van der Waals surface area contributed by atoms with Gasteiger partial charge in [0.25, 0.3) is 5.91 Å². The van der Waals surface area contributed by atoms with Gasteiger partial charge in [-0.3, -0.25) is 9.78 Å². The van der Waals surface area contributed by atoms with Crippen LogP contribution in [0.2, 0.25) is 0 Å². The lowest BCUT2D eigenvalue weighted by atomic mass is 10.1. The molecule has 3 aromatic rings. The molecule has 0 spiro atoms. The van der Waals surface area contributed by atoms with Crippen LogP contribution in [0.1, 0.15) is 33.4 Å². The van der Waals surface area contributed by atoms with E-state index < -0.39 is 12.1 Å². The molecule has 2 N–H and O–H groups in total. The van der Waals surface area contributed by atoms with Gasteiger partial charge in [-0.1, -0.05) is 35.5 Å². The number of aromatic nitrogens is 4. The van der Waals surface area contributed by atoms with Gasteiger partial charge in [0, 0.05) is 12.6 Å². The van der Waals surface area contributed by atoms with Crippen molar-refractivity contribution in [3.05, 3.63) is 77.4 Å². The molecule has 0 unspecified atom stereocenters. The van der Waals surface area contributed by atoms with E-state index in [1.54, 1.807) is 17.1 Å².